The molecule has 2 fully saturated rings. The molecule has 0 spiro atoms. The first-order valence-corrected chi connectivity index (χ1v) is 19.3. The molecule has 0 radical (unpaired) electrons. The number of likely N-dealkylation sites (tertiary alicyclic amines) is 1. The number of nitrogens with two attached hydrogens (primary N) is 1. The largest absolute Gasteiger partial charge is 0.481 e. The lowest BCUT2D eigenvalue weighted by atomic mass is 10.0. The minimum absolute atomic E-state index is 0.0394. The smallest absolute Gasteiger partial charge is 0.326 e. The van der Waals surface area contributed by atoms with Crippen LogP contribution >= 0.6 is 12.6 Å². The molecule has 1 aromatic carbocycles. The van der Waals surface area contributed by atoms with E-state index < -0.39 is 90.1 Å². The van der Waals surface area contributed by atoms with Gasteiger partial charge >= 0.3 is 11.9 Å². The Kier molecular flexibility index (Phi) is 15.7. The predicted molar refractivity (Wildman–Crippen MR) is 206 cm³/mol. The van der Waals surface area contributed by atoms with E-state index in [1.54, 1.807) is 20.0 Å². The van der Waals surface area contributed by atoms with Crippen molar-refractivity contribution in [2.75, 3.05) is 13.1 Å². The lowest BCUT2D eigenvalue weighted by Gasteiger charge is -2.31. The van der Waals surface area contributed by atoms with Crippen molar-refractivity contribution in [3.8, 4) is 0 Å². The number of aromatic nitrogens is 1. The molecule has 6 amide bonds. The quantitative estimate of drug-likeness (QED) is 0.0767. The number of hydrogen-bond donors (Lipinski definition) is 10. The van der Waals surface area contributed by atoms with Crippen LogP contribution in [0.1, 0.15) is 70.8 Å². The van der Waals surface area contributed by atoms with Crippen LogP contribution in [-0.2, 0) is 44.8 Å². The Morgan fingerprint density at radius 3 is 2.20 bits per heavy atom. The van der Waals surface area contributed by atoms with Gasteiger partial charge < -0.3 is 52.4 Å². The van der Waals surface area contributed by atoms with Gasteiger partial charge in [0, 0.05) is 54.7 Å². The highest BCUT2D eigenvalue weighted by Crippen LogP contribution is 2.23. The molecule has 2 saturated heterocycles. The van der Waals surface area contributed by atoms with E-state index in [-0.39, 0.29) is 56.2 Å². The third-order valence-corrected chi connectivity index (χ3v) is 10.3. The molecule has 306 valence electrons. The van der Waals surface area contributed by atoms with Gasteiger partial charge in [-0.25, -0.2) is 4.79 Å². The van der Waals surface area contributed by atoms with Crippen LogP contribution in [0, 0.1) is 5.92 Å². The van der Waals surface area contributed by atoms with Crippen molar-refractivity contribution in [1.29, 1.82) is 0 Å². The summed E-state index contributed by atoms with van der Waals surface area (Å²) in [6, 6.07) is 0.517. The zero-order valence-corrected chi connectivity index (χ0v) is 32.3. The standard InChI is InChI=1S/C37H52N8O10S/c1-19(2)14-27(33(50)42-25(37(54)55)9-11-30(38)46)44-35(52)29-8-5-13-45(29)36(53)24(10-12-31(47)48)41-34(51)28(43-32(49)26-16-21(56)18-40-26)15-20-17-39-23-7-4-3-6-22(20)23/h3-4,6-7,17,19,21,24-29,39-40,56H,5,8-16,18H2,1-2H3,(H2,38,46)(H,41,51)(H,42,50)(H,43,49)(H,44,52)(H,47,48)(H,54,55)/t21-,24+,25+,26+,27+,28+,29+/m1/s1. The number of aromatic amines is 1. The minimum Gasteiger partial charge on any atom is -0.481 e. The molecule has 4 rings (SSSR count). The summed E-state index contributed by atoms with van der Waals surface area (Å²) in [6.45, 7) is 4.19. The minimum atomic E-state index is -1.44. The van der Waals surface area contributed by atoms with Crippen LogP contribution in [0.15, 0.2) is 30.5 Å². The molecule has 2 aliphatic heterocycles. The number of amides is 6. The summed E-state index contributed by atoms with van der Waals surface area (Å²) in [5.41, 5.74) is 6.69. The Hall–Kier alpha value is -5.17. The van der Waals surface area contributed by atoms with E-state index in [9.17, 15) is 48.6 Å². The summed E-state index contributed by atoms with van der Waals surface area (Å²) >= 11 is 4.44. The van der Waals surface area contributed by atoms with Gasteiger partial charge in [-0.1, -0.05) is 32.0 Å². The number of benzene rings is 1. The number of para-hydroxylation sites is 1. The van der Waals surface area contributed by atoms with Gasteiger partial charge in [-0.2, -0.15) is 12.6 Å². The third kappa shape index (κ3) is 12.2. The van der Waals surface area contributed by atoms with Crippen molar-refractivity contribution in [3.05, 3.63) is 36.0 Å². The number of H-pyrrole nitrogens is 1. The SMILES string of the molecule is CC(C)C[C@H](NC(=O)[C@@H]1CCCN1C(=O)[C@H](CCC(=O)O)NC(=O)[C@H](Cc1c[nH]c2ccccc12)NC(=O)[C@@H]1C[C@@H](S)CN1)C(=O)N[C@@H](CCC(N)=O)C(=O)O. The normalized spacial score (nSPS) is 20.1. The van der Waals surface area contributed by atoms with Crippen LogP contribution in [0.3, 0.4) is 0 Å². The van der Waals surface area contributed by atoms with Crippen LogP contribution in [0.5, 0.6) is 0 Å². The van der Waals surface area contributed by atoms with Gasteiger partial charge in [-0.15, -0.1) is 0 Å². The Balaban J connectivity index is 1.53. The average Bonchev–Trinajstić information content (AvgIpc) is 3.90. The number of rotatable bonds is 20. The maximum atomic E-state index is 14.2. The number of nitrogens with one attached hydrogen (secondary N) is 6. The van der Waals surface area contributed by atoms with E-state index in [2.05, 4.69) is 44.2 Å². The zero-order valence-electron chi connectivity index (χ0n) is 31.4. The maximum absolute atomic E-state index is 14.2. The molecular weight excluding hydrogens is 749 g/mol. The van der Waals surface area contributed by atoms with Crippen LogP contribution in [0.2, 0.25) is 0 Å². The summed E-state index contributed by atoms with van der Waals surface area (Å²) in [5.74, 6) is -6.86. The lowest BCUT2D eigenvalue weighted by Crippen LogP contribution is -2.59. The first-order chi connectivity index (χ1) is 26.5. The van der Waals surface area contributed by atoms with Crippen molar-refractivity contribution in [2.24, 2.45) is 11.7 Å². The Morgan fingerprint density at radius 1 is 0.893 bits per heavy atom. The summed E-state index contributed by atoms with van der Waals surface area (Å²) in [7, 11) is 0. The highest BCUT2D eigenvalue weighted by molar-refractivity contribution is 7.81. The van der Waals surface area contributed by atoms with Crippen molar-refractivity contribution >= 4 is 70.9 Å². The molecule has 18 nitrogen and oxygen atoms in total. The number of carboxylic acid groups (broad SMARTS) is 2. The molecule has 2 aliphatic rings. The Bertz CT molecular complexity index is 1790. The number of carboxylic acids is 2. The van der Waals surface area contributed by atoms with Crippen molar-refractivity contribution in [1.82, 2.24) is 36.5 Å². The van der Waals surface area contributed by atoms with E-state index in [0.717, 1.165) is 16.5 Å². The molecule has 0 saturated carbocycles. The van der Waals surface area contributed by atoms with Gasteiger partial charge in [0.25, 0.3) is 0 Å². The highest BCUT2D eigenvalue weighted by atomic mass is 32.1. The molecule has 56 heavy (non-hydrogen) atoms. The molecule has 1 aromatic heterocycles. The van der Waals surface area contributed by atoms with Crippen LogP contribution in [-0.4, -0.2) is 122 Å². The zero-order chi connectivity index (χ0) is 41.1. The third-order valence-electron chi connectivity index (χ3n) is 9.89. The summed E-state index contributed by atoms with van der Waals surface area (Å²) < 4.78 is 0. The van der Waals surface area contributed by atoms with Crippen molar-refractivity contribution < 1.29 is 48.6 Å². The number of thiol groups is 1. The average molecular weight is 801 g/mol. The Morgan fingerprint density at radius 2 is 1.55 bits per heavy atom. The number of primary amides is 1. The second kappa shape index (κ2) is 20.1. The van der Waals surface area contributed by atoms with Crippen LogP contribution in [0.4, 0.5) is 0 Å². The van der Waals surface area contributed by atoms with Gasteiger partial charge in [0.2, 0.25) is 35.4 Å². The fourth-order valence-electron chi connectivity index (χ4n) is 7.01. The molecule has 10 N–H and O–H groups in total. The number of aliphatic carboxylic acids is 2. The fourth-order valence-corrected chi connectivity index (χ4v) is 7.32. The number of carbonyl (C=O) groups is 8. The van der Waals surface area contributed by atoms with Crippen LogP contribution < -0.4 is 32.3 Å². The molecule has 2 aromatic rings. The summed E-state index contributed by atoms with van der Waals surface area (Å²) in [6.07, 6.45) is 1.55. The highest BCUT2D eigenvalue weighted by Gasteiger charge is 2.40. The molecule has 0 aliphatic carbocycles. The molecule has 7 atom stereocenters. The monoisotopic (exact) mass is 800 g/mol. The topological polar surface area (TPSA) is 282 Å². The van der Waals surface area contributed by atoms with Gasteiger partial charge in [0.05, 0.1) is 6.04 Å². The molecule has 0 unspecified atom stereocenters. The van der Waals surface area contributed by atoms with Gasteiger partial charge in [-0.05, 0) is 56.1 Å². The van der Waals surface area contributed by atoms with E-state index in [1.165, 1.54) is 4.90 Å². The molecule has 0 bridgehead atoms. The summed E-state index contributed by atoms with van der Waals surface area (Å²) in [4.78, 5) is 108. The second-order valence-corrected chi connectivity index (χ2v) is 15.5. The fraction of sp³-hybridized carbons (Fsp3) is 0.568. The van der Waals surface area contributed by atoms with Crippen molar-refractivity contribution in [3.63, 3.8) is 0 Å². The first-order valence-electron chi connectivity index (χ1n) is 18.7. The van der Waals surface area contributed by atoms with Gasteiger partial charge in [0.1, 0.15) is 30.2 Å². The molecular formula is C37H52N8O10S. The number of fused-ring (bicyclic) bond motifs is 1. The van der Waals surface area contributed by atoms with Gasteiger partial charge in [-0.3, -0.25) is 33.6 Å². The van der Waals surface area contributed by atoms with Crippen molar-refractivity contribution in [2.45, 2.75) is 113 Å². The first kappa shape index (κ1) is 43.6. The van der Waals surface area contributed by atoms with E-state index in [1.807, 2.05) is 24.3 Å². The maximum Gasteiger partial charge on any atom is 0.326 e. The van der Waals surface area contributed by atoms with E-state index in [0.29, 0.717) is 19.4 Å². The number of hydrogen-bond acceptors (Lipinski definition) is 10. The van der Waals surface area contributed by atoms with Gasteiger partial charge in [0.15, 0.2) is 0 Å². The van der Waals surface area contributed by atoms with E-state index in [4.69, 9.17) is 5.73 Å². The molecule has 3 heterocycles. The van der Waals surface area contributed by atoms with E-state index >= 15 is 0 Å². The number of carbonyl (C=O) groups excluding carboxylic acids is 6. The van der Waals surface area contributed by atoms with Crippen LogP contribution in [0.25, 0.3) is 10.9 Å². The Labute approximate surface area is 329 Å². The molecule has 19 heteroatoms. The lowest BCUT2D eigenvalue weighted by molar-refractivity contribution is -0.144. The predicted octanol–water partition coefficient (Wildman–Crippen LogP) is -0.438. The summed E-state index contributed by atoms with van der Waals surface area (Å²) in [5, 5.41) is 33.5. The number of nitrogens with zero attached hydrogens (tertiary/aromatic N) is 1. The second-order valence-electron chi connectivity index (χ2n) is 14.8.